The Morgan fingerprint density at radius 3 is 2.71 bits per heavy atom. The molecule has 0 aliphatic rings. The van der Waals surface area contributed by atoms with E-state index in [1.165, 1.54) is 0 Å². The van der Waals surface area contributed by atoms with Crippen LogP contribution in [0, 0.1) is 11.6 Å². The average Bonchev–Trinajstić information content (AvgIpc) is 2.27. The Morgan fingerprint density at radius 2 is 2.06 bits per heavy atom. The van der Waals surface area contributed by atoms with Crippen molar-refractivity contribution in [2.24, 2.45) is 5.73 Å². The summed E-state index contributed by atoms with van der Waals surface area (Å²) in [5.74, 6) is -2.43. The Hall–Kier alpha value is -1.63. The Morgan fingerprint density at radius 1 is 1.35 bits per heavy atom. The number of nitrogens with one attached hydrogen (secondary N) is 1. The summed E-state index contributed by atoms with van der Waals surface area (Å²) in [6.07, 6.45) is 0. The SMILES string of the molecule is NC(=O)CNC(=O)CSc1cc(F)ccc1F. The van der Waals surface area contributed by atoms with Crippen LogP contribution in [0.25, 0.3) is 0 Å². The molecule has 0 radical (unpaired) electrons. The molecule has 7 heteroatoms. The van der Waals surface area contributed by atoms with Gasteiger partial charge in [0.2, 0.25) is 11.8 Å². The maximum Gasteiger partial charge on any atom is 0.236 e. The first-order valence-electron chi connectivity index (χ1n) is 4.62. The maximum absolute atomic E-state index is 13.1. The van der Waals surface area contributed by atoms with Crippen LogP contribution >= 0.6 is 11.8 Å². The fraction of sp³-hybridized carbons (Fsp3) is 0.200. The molecule has 0 unspecified atom stereocenters. The van der Waals surface area contributed by atoms with Gasteiger partial charge < -0.3 is 11.1 Å². The van der Waals surface area contributed by atoms with Crippen molar-refractivity contribution in [3.05, 3.63) is 29.8 Å². The van der Waals surface area contributed by atoms with Crippen molar-refractivity contribution in [2.45, 2.75) is 4.90 Å². The number of carbonyl (C=O) groups is 2. The summed E-state index contributed by atoms with van der Waals surface area (Å²) in [5.41, 5.74) is 4.82. The first kappa shape index (κ1) is 13.4. The highest BCUT2D eigenvalue weighted by atomic mass is 32.2. The van der Waals surface area contributed by atoms with Gasteiger partial charge >= 0.3 is 0 Å². The first-order valence-corrected chi connectivity index (χ1v) is 5.60. The van der Waals surface area contributed by atoms with Crippen LogP contribution < -0.4 is 11.1 Å². The lowest BCUT2D eigenvalue weighted by Gasteiger charge is -2.04. The topological polar surface area (TPSA) is 72.2 Å². The van der Waals surface area contributed by atoms with Crippen LogP contribution in [0.15, 0.2) is 23.1 Å². The second kappa shape index (κ2) is 6.19. The van der Waals surface area contributed by atoms with Gasteiger partial charge in [-0.2, -0.15) is 0 Å². The zero-order valence-electron chi connectivity index (χ0n) is 8.70. The molecule has 1 aromatic rings. The van der Waals surface area contributed by atoms with E-state index in [1.807, 2.05) is 0 Å². The van der Waals surface area contributed by atoms with E-state index >= 15 is 0 Å². The summed E-state index contributed by atoms with van der Waals surface area (Å²) < 4.78 is 25.9. The molecule has 0 spiro atoms. The highest BCUT2D eigenvalue weighted by molar-refractivity contribution is 8.00. The molecule has 0 aliphatic carbocycles. The van der Waals surface area contributed by atoms with E-state index in [-0.39, 0.29) is 17.2 Å². The molecule has 2 amide bonds. The van der Waals surface area contributed by atoms with Gasteiger partial charge in [0.25, 0.3) is 0 Å². The van der Waals surface area contributed by atoms with E-state index in [0.29, 0.717) is 0 Å². The summed E-state index contributed by atoms with van der Waals surface area (Å²) >= 11 is 0.842. The molecule has 0 heterocycles. The molecule has 3 N–H and O–H groups in total. The zero-order chi connectivity index (χ0) is 12.8. The number of hydrogen-bond donors (Lipinski definition) is 2. The number of amides is 2. The summed E-state index contributed by atoms with van der Waals surface area (Å²) in [6.45, 7) is -0.273. The van der Waals surface area contributed by atoms with Crippen molar-refractivity contribution in [3.63, 3.8) is 0 Å². The van der Waals surface area contributed by atoms with Crippen molar-refractivity contribution in [2.75, 3.05) is 12.3 Å². The molecule has 0 fully saturated rings. The van der Waals surface area contributed by atoms with Gasteiger partial charge in [-0.3, -0.25) is 9.59 Å². The quantitative estimate of drug-likeness (QED) is 0.764. The highest BCUT2D eigenvalue weighted by Crippen LogP contribution is 2.22. The van der Waals surface area contributed by atoms with Gasteiger partial charge in [-0.25, -0.2) is 8.78 Å². The molecule has 17 heavy (non-hydrogen) atoms. The van der Waals surface area contributed by atoms with Crippen LogP contribution in [0.5, 0.6) is 0 Å². The minimum Gasteiger partial charge on any atom is -0.368 e. The Bertz CT molecular complexity index is 440. The van der Waals surface area contributed by atoms with Crippen molar-refractivity contribution in [3.8, 4) is 0 Å². The van der Waals surface area contributed by atoms with Crippen LogP contribution in [0.4, 0.5) is 8.78 Å². The van der Waals surface area contributed by atoms with Crippen LogP contribution in [-0.4, -0.2) is 24.1 Å². The minimum atomic E-state index is -0.666. The molecule has 1 rings (SSSR count). The van der Waals surface area contributed by atoms with Crippen molar-refractivity contribution in [1.29, 1.82) is 0 Å². The van der Waals surface area contributed by atoms with Crippen molar-refractivity contribution >= 4 is 23.6 Å². The van der Waals surface area contributed by atoms with Gasteiger partial charge in [0.1, 0.15) is 11.6 Å². The Labute approximate surface area is 101 Å². The summed E-state index contributed by atoms with van der Waals surface area (Å²) in [4.78, 5) is 21.6. The molecule has 0 aromatic heterocycles. The van der Waals surface area contributed by atoms with Crippen molar-refractivity contribution < 1.29 is 18.4 Å². The van der Waals surface area contributed by atoms with E-state index in [1.54, 1.807) is 0 Å². The fourth-order valence-electron chi connectivity index (χ4n) is 0.968. The molecule has 1 aromatic carbocycles. The monoisotopic (exact) mass is 260 g/mol. The standard InChI is InChI=1S/C10H10F2N2O2S/c11-6-1-2-7(12)8(3-6)17-5-10(16)14-4-9(13)15/h1-3H,4-5H2,(H2,13,15)(H,14,16). The molecule has 4 nitrogen and oxygen atoms in total. The number of rotatable bonds is 5. The van der Waals surface area contributed by atoms with Crippen LogP contribution in [-0.2, 0) is 9.59 Å². The summed E-state index contributed by atoms with van der Waals surface area (Å²) in [5, 5.41) is 2.24. The molecule has 0 atom stereocenters. The largest absolute Gasteiger partial charge is 0.368 e. The predicted octanol–water partition coefficient (Wildman–Crippen LogP) is 0.658. The van der Waals surface area contributed by atoms with Crippen LogP contribution in [0.3, 0.4) is 0 Å². The lowest BCUT2D eigenvalue weighted by molar-refractivity contribution is -0.123. The second-order valence-electron chi connectivity index (χ2n) is 3.11. The molecule has 0 saturated heterocycles. The maximum atomic E-state index is 13.1. The number of hydrogen-bond acceptors (Lipinski definition) is 3. The van der Waals surface area contributed by atoms with Gasteiger partial charge in [-0.05, 0) is 18.2 Å². The second-order valence-corrected chi connectivity index (χ2v) is 4.12. The van der Waals surface area contributed by atoms with Gasteiger partial charge in [-0.1, -0.05) is 0 Å². The number of nitrogens with two attached hydrogens (primary N) is 1. The van der Waals surface area contributed by atoms with Crippen LogP contribution in [0.1, 0.15) is 0 Å². The first-order chi connectivity index (χ1) is 7.99. The lowest BCUT2D eigenvalue weighted by atomic mass is 10.3. The van der Waals surface area contributed by atoms with Gasteiger partial charge in [0.05, 0.1) is 12.3 Å². The summed E-state index contributed by atoms with van der Waals surface area (Å²) in [7, 11) is 0. The van der Waals surface area contributed by atoms with Crippen molar-refractivity contribution in [1.82, 2.24) is 5.32 Å². The fourth-order valence-corrected chi connectivity index (χ4v) is 1.76. The number of primary amides is 1. The number of halogens is 2. The summed E-state index contributed by atoms with van der Waals surface area (Å²) in [6, 6.07) is 2.98. The molecule has 0 bridgehead atoms. The Kier molecular flexibility index (Phi) is 4.89. The lowest BCUT2D eigenvalue weighted by Crippen LogP contribution is -2.34. The predicted molar refractivity (Wildman–Crippen MR) is 59.3 cm³/mol. The smallest absolute Gasteiger partial charge is 0.236 e. The molecular weight excluding hydrogens is 250 g/mol. The van der Waals surface area contributed by atoms with Gasteiger partial charge in [0, 0.05) is 4.90 Å². The van der Waals surface area contributed by atoms with E-state index in [4.69, 9.17) is 5.73 Å². The molecular formula is C10H10F2N2O2S. The Balaban J connectivity index is 2.47. The number of thioether (sulfide) groups is 1. The highest BCUT2D eigenvalue weighted by Gasteiger charge is 2.08. The third-order valence-electron chi connectivity index (χ3n) is 1.71. The van der Waals surface area contributed by atoms with E-state index < -0.39 is 23.4 Å². The minimum absolute atomic E-state index is 0.0409. The molecule has 0 aliphatic heterocycles. The normalized spacial score (nSPS) is 10.0. The van der Waals surface area contributed by atoms with Gasteiger partial charge in [0.15, 0.2) is 0 Å². The zero-order valence-corrected chi connectivity index (χ0v) is 9.52. The van der Waals surface area contributed by atoms with Gasteiger partial charge in [-0.15, -0.1) is 11.8 Å². The van der Waals surface area contributed by atoms with E-state index in [2.05, 4.69) is 5.32 Å². The number of carbonyl (C=O) groups excluding carboxylic acids is 2. The molecule has 92 valence electrons. The molecule has 0 saturated carbocycles. The van der Waals surface area contributed by atoms with E-state index in [0.717, 1.165) is 30.0 Å². The average molecular weight is 260 g/mol. The third-order valence-corrected chi connectivity index (χ3v) is 2.74. The van der Waals surface area contributed by atoms with Crippen LogP contribution in [0.2, 0.25) is 0 Å². The number of benzene rings is 1. The van der Waals surface area contributed by atoms with E-state index in [9.17, 15) is 18.4 Å². The third kappa shape index (κ3) is 4.81.